The van der Waals surface area contributed by atoms with Gasteiger partial charge >= 0.3 is 5.97 Å². The Labute approximate surface area is 188 Å². The summed E-state index contributed by atoms with van der Waals surface area (Å²) < 4.78 is 11.0. The molecule has 0 atom stereocenters. The van der Waals surface area contributed by atoms with E-state index in [9.17, 15) is 4.79 Å². The second-order valence-corrected chi connectivity index (χ2v) is 7.64. The first kappa shape index (κ1) is 20.5. The summed E-state index contributed by atoms with van der Waals surface area (Å²) in [5.41, 5.74) is 2.47. The minimum atomic E-state index is -0.523. The quantitative estimate of drug-likeness (QED) is 0.321. The van der Waals surface area contributed by atoms with Crippen molar-refractivity contribution in [2.75, 3.05) is 0 Å². The Morgan fingerprint density at radius 2 is 1.67 bits per heavy atom. The lowest BCUT2D eigenvalue weighted by atomic mass is 10.2. The molecule has 0 radical (unpaired) electrons. The molecule has 0 saturated heterocycles. The minimum Gasteiger partial charge on any atom is -0.489 e. The van der Waals surface area contributed by atoms with Gasteiger partial charge in [-0.3, -0.25) is 0 Å². The zero-order chi connectivity index (χ0) is 21.1. The highest BCUT2D eigenvalue weighted by Gasteiger charge is 2.25. The molecule has 1 aliphatic heterocycles. The molecule has 0 aromatic heterocycles. The van der Waals surface area contributed by atoms with Gasteiger partial charge in [0.1, 0.15) is 12.4 Å². The number of carbonyl (C=O) groups is 1. The molecule has 0 amide bonds. The van der Waals surface area contributed by atoms with Crippen LogP contribution in [0.2, 0.25) is 15.1 Å². The van der Waals surface area contributed by atoms with E-state index in [2.05, 4.69) is 4.99 Å². The van der Waals surface area contributed by atoms with Crippen LogP contribution >= 0.6 is 34.8 Å². The van der Waals surface area contributed by atoms with Gasteiger partial charge in [0, 0.05) is 0 Å². The summed E-state index contributed by atoms with van der Waals surface area (Å²) in [5, 5.41) is 1.46. The van der Waals surface area contributed by atoms with E-state index in [0.717, 1.165) is 11.1 Å². The molecule has 30 heavy (non-hydrogen) atoms. The summed E-state index contributed by atoms with van der Waals surface area (Å²) in [5.74, 6) is 0.348. The van der Waals surface area contributed by atoms with E-state index >= 15 is 0 Å². The molecule has 4 rings (SSSR count). The van der Waals surface area contributed by atoms with Crippen molar-refractivity contribution in [2.45, 2.75) is 6.61 Å². The van der Waals surface area contributed by atoms with Crippen LogP contribution in [0, 0.1) is 0 Å². The molecule has 1 aliphatic rings. The minimum absolute atomic E-state index is 0.193. The number of hydrogen-bond donors (Lipinski definition) is 0. The zero-order valence-corrected chi connectivity index (χ0v) is 17.7. The van der Waals surface area contributed by atoms with Crippen LogP contribution in [0.5, 0.6) is 5.75 Å². The number of carbonyl (C=O) groups excluding carboxylic acids is 1. The van der Waals surface area contributed by atoms with Crippen LogP contribution in [0.1, 0.15) is 16.7 Å². The Kier molecular flexibility index (Phi) is 6.09. The van der Waals surface area contributed by atoms with E-state index in [4.69, 9.17) is 44.3 Å². The molecule has 0 saturated carbocycles. The molecule has 4 nitrogen and oxygen atoms in total. The van der Waals surface area contributed by atoms with Gasteiger partial charge in [-0.2, -0.15) is 0 Å². The Balaban J connectivity index is 1.46. The number of hydrogen-bond acceptors (Lipinski definition) is 4. The van der Waals surface area contributed by atoms with Crippen LogP contribution in [-0.2, 0) is 16.1 Å². The fraction of sp³-hybridized carbons (Fsp3) is 0.0435. The summed E-state index contributed by atoms with van der Waals surface area (Å²) in [7, 11) is 0. The van der Waals surface area contributed by atoms with Gasteiger partial charge in [0.15, 0.2) is 5.70 Å². The molecule has 0 bridgehead atoms. The smallest absolute Gasteiger partial charge is 0.363 e. The highest BCUT2D eigenvalue weighted by Crippen LogP contribution is 2.25. The molecule has 0 spiro atoms. The van der Waals surface area contributed by atoms with Gasteiger partial charge in [-0.05, 0) is 53.6 Å². The topological polar surface area (TPSA) is 47.9 Å². The van der Waals surface area contributed by atoms with Crippen LogP contribution in [0.15, 0.2) is 77.4 Å². The molecule has 0 unspecified atom stereocenters. The summed E-state index contributed by atoms with van der Waals surface area (Å²) in [4.78, 5) is 16.4. The third kappa shape index (κ3) is 4.68. The first-order chi connectivity index (χ1) is 14.5. The van der Waals surface area contributed by atoms with Crippen molar-refractivity contribution in [3.05, 3.63) is 104 Å². The molecular weight excluding hydrogens is 445 g/mol. The van der Waals surface area contributed by atoms with Crippen molar-refractivity contribution in [3.63, 3.8) is 0 Å². The summed E-state index contributed by atoms with van der Waals surface area (Å²) in [6.45, 7) is 0.356. The third-order valence-electron chi connectivity index (χ3n) is 4.30. The second kappa shape index (κ2) is 8.92. The highest BCUT2D eigenvalue weighted by molar-refractivity contribution is 6.42. The Bertz CT molecular complexity index is 1170. The Hall–Kier alpha value is -2.79. The van der Waals surface area contributed by atoms with Crippen molar-refractivity contribution < 1.29 is 14.3 Å². The number of cyclic esters (lactones) is 1. The van der Waals surface area contributed by atoms with Gasteiger partial charge in [0.2, 0.25) is 5.90 Å². The average Bonchev–Trinajstić information content (AvgIpc) is 3.10. The fourth-order valence-electron chi connectivity index (χ4n) is 2.77. The van der Waals surface area contributed by atoms with E-state index < -0.39 is 5.97 Å². The monoisotopic (exact) mass is 457 g/mol. The highest BCUT2D eigenvalue weighted by atomic mass is 35.5. The molecule has 3 aromatic carbocycles. The maximum absolute atomic E-state index is 12.2. The predicted molar refractivity (Wildman–Crippen MR) is 119 cm³/mol. The van der Waals surface area contributed by atoms with E-state index in [1.807, 2.05) is 30.3 Å². The molecule has 150 valence electrons. The number of nitrogens with zero attached hydrogens (tertiary/aromatic N) is 1. The average molecular weight is 459 g/mol. The van der Waals surface area contributed by atoms with Crippen LogP contribution in [0.3, 0.4) is 0 Å². The molecule has 3 aromatic rings. The maximum atomic E-state index is 12.2. The first-order valence-corrected chi connectivity index (χ1v) is 10.1. The second-order valence-electron chi connectivity index (χ2n) is 6.42. The molecule has 0 N–H and O–H groups in total. The van der Waals surface area contributed by atoms with E-state index in [1.165, 1.54) is 0 Å². The van der Waals surface area contributed by atoms with Gasteiger partial charge in [0.25, 0.3) is 0 Å². The number of halogens is 3. The number of aliphatic imine (C=N–C) groups is 1. The van der Waals surface area contributed by atoms with Gasteiger partial charge in [-0.15, -0.1) is 0 Å². The van der Waals surface area contributed by atoms with Crippen molar-refractivity contribution in [1.82, 2.24) is 0 Å². The van der Waals surface area contributed by atoms with E-state index in [0.29, 0.717) is 33.0 Å². The standard InChI is InChI=1S/C23H14Cl3NO3/c24-18-4-2-1-3-17(18)22-27-21(23(28)30-22)12-14-5-8-16(9-6-14)29-13-15-7-10-19(25)20(26)11-15/h1-12H,13H2/b21-12-. The fourth-order valence-corrected chi connectivity index (χ4v) is 3.31. The lowest BCUT2D eigenvalue weighted by Gasteiger charge is -2.07. The van der Waals surface area contributed by atoms with E-state index in [1.54, 1.807) is 42.5 Å². The number of benzene rings is 3. The largest absolute Gasteiger partial charge is 0.489 e. The first-order valence-electron chi connectivity index (χ1n) is 8.94. The summed E-state index contributed by atoms with van der Waals surface area (Å²) >= 11 is 18.1. The molecule has 1 heterocycles. The van der Waals surface area contributed by atoms with Gasteiger partial charge in [0.05, 0.1) is 20.6 Å². The van der Waals surface area contributed by atoms with E-state index in [-0.39, 0.29) is 11.6 Å². The summed E-state index contributed by atoms with van der Waals surface area (Å²) in [6, 6.07) is 19.7. The number of esters is 1. The van der Waals surface area contributed by atoms with Gasteiger partial charge in [-0.1, -0.05) is 65.1 Å². The van der Waals surface area contributed by atoms with Crippen LogP contribution in [0.4, 0.5) is 0 Å². The molecule has 7 heteroatoms. The van der Waals surface area contributed by atoms with Crippen LogP contribution in [0.25, 0.3) is 6.08 Å². The Morgan fingerprint density at radius 3 is 2.40 bits per heavy atom. The van der Waals surface area contributed by atoms with Crippen LogP contribution in [-0.4, -0.2) is 11.9 Å². The van der Waals surface area contributed by atoms with Crippen molar-refractivity contribution in [1.29, 1.82) is 0 Å². The number of ether oxygens (including phenoxy) is 2. The Morgan fingerprint density at radius 1 is 0.900 bits per heavy atom. The lowest BCUT2D eigenvalue weighted by molar-refractivity contribution is -0.129. The predicted octanol–water partition coefficient (Wildman–Crippen LogP) is 6.57. The SMILES string of the molecule is O=C1OC(c2ccccc2Cl)=N/C1=C\c1ccc(OCc2ccc(Cl)c(Cl)c2)cc1. The van der Waals surface area contributed by atoms with Gasteiger partial charge in [-0.25, -0.2) is 9.79 Å². The molecular formula is C23H14Cl3NO3. The van der Waals surface area contributed by atoms with Gasteiger partial charge < -0.3 is 9.47 Å². The van der Waals surface area contributed by atoms with Crippen molar-refractivity contribution in [3.8, 4) is 5.75 Å². The number of rotatable bonds is 5. The van der Waals surface area contributed by atoms with Crippen molar-refractivity contribution in [2.24, 2.45) is 4.99 Å². The summed E-state index contributed by atoms with van der Waals surface area (Å²) in [6.07, 6.45) is 1.65. The van der Waals surface area contributed by atoms with Crippen LogP contribution < -0.4 is 4.74 Å². The lowest BCUT2D eigenvalue weighted by Crippen LogP contribution is -2.05. The van der Waals surface area contributed by atoms with Crippen molar-refractivity contribution >= 4 is 52.7 Å². The molecule has 0 fully saturated rings. The normalized spacial score (nSPS) is 14.6. The third-order valence-corrected chi connectivity index (χ3v) is 5.37. The maximum Gasteiger partial charge on any atom is 0.363 e. The zero-order valence-electron chi connectivity index (χ0n) is 15.4. The molecule has 0 aliphatic carbocycles.